The van der Waals surface area contributed by atoms with Crippen LogP contribution in [0.15, 0.2) is 47.1 Å². The first kappa shape index (κ1) is 16.5. The number of piperidine rings is 1. The summed E-state index contributed by atoms with van der Waals surface area (Å²) in [5.41, 5.74) is 1.14. The predicted octanol–water partition coefficient (Wildman–Crippen LogP) is 3.52. The van der Waals surface area contributed by atoms with Crippen LogP contribution < -0.4 is 10.1 Å². The number of hydrogen-bond donors (Lipinski definition) is 1. The molecule has 5 heteroatoms. The van der Waals surface area contributed by atoms with Crippen LogP contribution in [-0.2, 0) is 11.3 Å². The van der Waals surface area contributed by atoms with Crippen molar-refractivity contribution < 1.29 is 13.9 Å². The van der Waals surface area contributed by atoms with Crippen molar-refractivity contribution in [2.75, 3.05) is 32.1 Å². The van der Waals surface area contributed by atoms with Gasteiger partial charge >= 0.3 is 0 Å². The molecule has 0 radical (unpaired) electrons. The number of benzene rings is 1. The first-order valence-electron chi connectivity index (χ1n) is 9.04. The Labute approximate surface area is 148 Å². The van der Waals surface area contributed by atoms with Gasteiger partial charge in [0.1, 0.15) is 11.5 Å². The second kappa shape index (κ2) is 7.10. The fourth-order valence-electron chi connectivity index (χ4n) is 3.98. The third-order valence-corrected chi connectivity index (χ3v) is 5.38. The molecule has 0 unspecified atom stereocenters. The number of rotatable bonds is 5. The van der Waals surface area contributed by atoms with E-state index < -0.39 is 0 Å². The number of anilines is 1. The van der Waals surface area contributed by atoms with E-state index in [9.17, 15) is 0 Å². The van der Waals surface area contributed by atoms with Gasteiger partial charge in [0.05, 0.1) is 38.2 Å². The summed E-state index contributed by atoms with van der Waals surface area (Å²) in [6, 6.07) is 12.5. The van der Waals surface area contributed by atoms with Crippen LogP contribution in [0.1, 0.15) is 25.0 Å². The number of furan rings is 1. The van der Waals surface area contributed by atoms with Crippen molar-refractivity contribution in [1.29, 1.82) is 0 Å². The van der Waals surface area contributed by atoms with Gasteiger partial charge in [0.15, 0.2) is 0 Å². The van der Waals surface area contributed by atoms with Crippen LogP contribution in [-0.4, -0.2) is 43.3 Å². The summed E-state index contributed by atoms with van der Waals surface area (Å²) in [5, 5.41) is 3.60. The van der Waals surface area contributed by atoms with Crippen LogP contribution in [0.25, 0.3) is 0 Å². The van der Waals surface area contributed by atoms with Crippen LogP contribution in [0.4, 0.5) is 5.69 Å². The Kier molecular flexibility index (Phi) is 4.68. The number of likely N-dealkylation sites (tertiary alicyclic amines) is 1. The lowest BCUT2D eigenvalue weighted by atomic mass is 9.87. The molecule has 0 amide bonds. The lowest BCUT2D eigenvalue weighted by Crippen LogP contribution is -2.44. The smallest absolute Gasteiger partial charge is 0.120 e. The zero-order valence-electron chi connectivity index (χ0n) is 14.7. The van der Waals surface area contributed by atoms with Gasteiger partial charge < -0.3 is 19.2 Å². The Morgan fingerprint density at radius 3 is 2.88 bits per heavy atom. The molecule has 0 saturated carbocycles. The summed E-state index contributed by atoms with van der Waals surface area (Å²) in [5.74, 6) is 1.92. The Morgan fingerprint density at radius 1 is 1.24 bits per heavy atom. The van der Waals surface area contributed by atoms with Gasteiger partial charge in [0.25, 0.3) is 0 Å². The summed E-state index contributed by atoms with van der Waals surface area (Å²) in [7, 11) is 1.70. The maximum Gasteiger partial charge on any atom is 0.120 e. The van der Waals surface area contributed by atoms with E-state index in [4.69, 9.17) is 13.9 Å². The van der Waals surface area contributed by atoms with Gasteiger partial charge in [-0.25, -0.2) is 0 Å². The molecule has 25 heavy (non-hydrogen) atoms. The highest BCUT2D eigenvalue weighted by Crippen LogP contribution is 2.37. The molecule has 2 saturated heterocycles. The average molecular weight is 342 g/mol. The number of nitrogens with zero attached hydrogens (tertiary/aromatic N) is 1. The van der Waals surface area contributed by atoms with Crippen molar-refractivity contribution in [2.24, 2.45) is 0 Å². The van der Waals surface area contributed by atoms with E-state index in [2.05, 4.69) is 16.3 Å². The Balaban J connectivity index is 1.30. The van der Waals surface area contributed by atoms with Gasteiger partial charge in [-0.05, 0) is 43.5 Å². The first-order valence-corrected chi connectivity index (χ1v) is 9.04. The van der Waals surface area contributed by atoms with Crippen molar-refractivity contribution in [3.63, 3.8) is 0 Å². The summed E-state index contributed by atoms with van der Waals surface area (Å²) in [4.78, 5) is 2.45. The van der Waals surface area contributed by atoms with E-state index in [0.717, 1.165) is 62.7 Å². The standard InChI is InChI=1S/C20H26N2O3/c1-23-18-5-2-4-16(12-18)21-17-13-20(25-15-17)7-9-22(10-8-20)14-19-6-3-11-24-19/h2-6,11-12,17,21H,7-10,13-15H2,1H3/t17-/m1/s1. The van der Waals surface area contributed by atoms with Crippen molar-refractivity contribution in [3.05, 3.63) is 48.4 Å². The molecule has 4 rings (SSSR count). The molecule has 1 atom stereocenters. The number of nitrogens with one attached hydrogen (secondary N) is 1. The molecule has 1 aromatic heterocycles. The van der Waals surface area contributed by atoms with E-state index in [-0.39, 0.29) is 5.60 Å². The lowest BCUT2D eigenvalue weighted by molar-refractivity contribution is -0.0456. The molecule has 1 N–H and O–H groups in total. The highest BCUT2D eigenvalue weighted by molar-refractivity contribution is 5.49. The highest BCUT2D eigenvalue weighted by Gasteiger charge is 2.42. The Morgan fingerprint density at radius 2 is 2.12 bits per heavy atom. The molecule has 1 aromatic carbocycles. The quantitative estimate of drug-likeness (QED) is 0.901. The van der Waals surface area contributed by atoms with Gasteiger partial charge in [-0.1, -0.05) is 6.07 Å². The SMILES string of the molecule is COc1cccc(N[C@H]2COC3(CCN(Cc4ccco4)CC3)C2)c1. The Hall–Kier alpha value is -1.98. The van der Waals surface area contributed by atoms with Crippen LogP contribution in [0, 0.1) is 0 Å². The molecule has 1 spiro atoms. The molecule has 2 fully saturated rings. The second-order valence-electron chi connectivity index (χ2n) is 7.13. The third kappa shape index (κ3) is 3.83. The van der Waals surface area contributed by atoms with Gasteiger partial charge in [-0.15, -0.1) is 0 Å². The maximum atomic E-state index is 6.26. The third-order valence-electron chi connectivity index (χ3n) is 5.38. The minimum atomic E-state index is 0.0379. The van der Waals surface area contributed by atoms with E-state index in [0.29, 0.717) is 6.04 Å². The number of ether oxygens (including phenoxy) is 2. The van der Waals surface area contributed by atoms with Gasteiger partial charge in [-0.3, -0.25) is 4.90 Å². The van der Waals surface area contributed by atoms with E-state index in [1.54, 1.807) is 13.4 Å². The van der Waals surface area contributed by atoms with Crippen LogP contribution >= 0.6 is 0 Å². The fraction of sp³-hybridized carbons (Fsp3) is 0.500. The topological polar surface area (TPSA) is 46.9 Å². The molecule has 2 aliphatic rings. The number of hydrogen-bond acceptors (Lipinski definition) is 5. The highest BCUT2D eigenvalue weighted by atomic mass is 16.5. The second-order valence-corrected chi connectivity index (χ2v) is 7.13. The van der Waals surface area contributed by atoms with E-state index >= 15 is 0 Å². The summed E-state index contributed by atoms with van der Waals surface area (Å²) >= 11 is 0. The molecule has 2 aliphatic heterocycles. The van der Waals surface area contributed by atoms with Crippen LogP contribution in [0.5, 0.6) is 5.75 Å². The fourth-order valence-corrected chi connectivity index (χ4v) is 3.98. The molecule has 0 aliphatic carbocycles. The van der Waals surface area contributed by atoms with E-state index in [1.807, 2.05) is 30.3 Å². The zero-order valence-corrected chi connectivity index (χ0v) is 14.7. The summed E-state index contributed by atoms with van der Waals surface area (Å²) in [6.45, 7) is 3.79. The van der Waals surface area contributed by atoms with Gasteiger partial charge in [0.2, 0.25) is 0 Å². The molecule has 134 valence electrons. The van der Waals surface area contributed by atoms with Crippen molar-refractivity contribution in [3.8, 4) is 5.75 Å². The van der Waals surface area contributed by atoms with Gasteiger partial charge in [-0.2, -0.15) is 0 Å². The zero-order chi connectivity index (χ0) is 17.1. The van der Waals surface area contributed by atoms with E-state index in [1.165, 1.54) is 0 Å². The predicted molar refractivity (Wildman–Crippen MR) is 96.9 cm³/mol. The lowest BCUT2D eigenvalue weighted by Gasteiger charge is -2.38. The van der Waals surface area contributed by atoms with Crippen molar-refractivity contribution in [2.45, 2.75) is 37.5 Å². The van der Waals surface area contributed by atoms with Crippen LogP contribution in [0.2, 0.25) is 0 Å². The minimum absolute atomic E-state index is 0.0379. The average Bonchev–Trinajstić information content (AvgIpc) is 3.28. The molecule has 3 heterocycles. The van der Waals surface area contributed by atoms with Crippen molar-refractivity contribution in [1.82, 2.24) is 4.90 Å². The normalized spacial score (nSPS) is 23.0. The largest absolute Gasteiger partial charge is 0.497 e. The molecule has 5 nitrogen and oxygen atoms in total. The van der Waals surface area contributed by atoms with Crippen LogP contribution in [0.3, 0.4) is 0 Å². The summed E-state index contributed by atoms with van der Waals surface area (Å²) < 4.78 is 17.0. The minimum Gasteiger partial charge on any atom is -0.497 e. The number of methoxy groups -OCH3 is 1. The molecular formula is C20H26N2O3. The molecular weight excluding hydrogens is 316 g/mol. The summed E-state index contributed by atoms with van der Waals surface area (Å²) in [6.07, 6.45) is 4.99. The Bertz CT molecular complexity index is 678. The first-order chi connectivity index (χ1) is 12.2. The monoisotopic (exact) mass is 342 g/mol. The van der Waals surface area contributed by atoms with Gasteiger partial charge in [0, 0.05) is 24.8 Å². The molecule has 0 bridgehead atoms. The molecule has 2 aromatic rings. The van der Waals surface area contributed by atoms with Crippen molar-refractivity contribution >= 4 is 5.69 Å². The maximum absolute atomic E-state index is 6.26.